The molecule has 0 radical (unpaired) electrons. The van der Waals surface area contributed by atoms with E-state index in [1.165, 1.54) is 5.69 Å². The quantitative estimate of drug-likeness (QED) is 0.721. The van der Waals surface area contributed by atoms with Crippen LogP contribution >= 0.6 is 0 Å². The van der Waals surface area contributed by atoms with Gasteiger partial charge in [-0.1, -0.05) is 5.21 Å². The van der Waals surface area contributed by atoms with E-state index in [-0.39, 0.29) is 0 Å². The van der Waals surface area contributed by atoms with E-state index in [1.807, 2.05) is 10.9 Å². The van der Waals surface area contributed by atoms with Gasteiger partial charge in [0, 0.05) is 6.04 Å². The van der Waals surface area contributed by atoms with Crippen molar-refractivity contribution in [3.05, 3.63) is 11.9 Å². The molecule has 0 aromatic carbocycles. The predicted octanol–water partition coefficient (Wildman–Crippen LogP) is 0.750. The fourth-order valence-corrected chi connectivity index (χ4v) is 1.16. The maximum absolute atomic E-state index is 5.42. The first-order valence-corrected chi connectivity index (χ1v) is 4.35. The summed E-state index contributed by atoms with van der Waals surface area (Å²) in [5.41, 5.74) is 6.60. The summed E-state index contributed by atoms with van der Waals surface area (Å²) in [6.45, 7) is 4.92. The minimum absolute atomic E-state index is 0.389. The maximum atomic E-state index is 5.42. The molecule has 0 aliphatic rings. The van der Waals surface area contributed by atoms with Crippen LogP contribution in [0.25, 0.3) is 0 Å². The second-order valence-corrected chi connectivity index (χ2v) is 3.16. The number of nitrogens with zero attached hydrogens (tertiary/aromatic N) is 3. The van der Waals surface area contributed by atoms with E-state index in [4.69, 9.17) is 5.73 Å². The van der Waals surface area contributed by atoms with Gasteiger partial charge in [-0.05, 0) is 33.2 Å². The zero-order valence-electron chi connectivity index (χ0n) is 7.70. The summed E-state index contributed by atoms with van der Waals surface area (Å²) in [6.07, 6.45) is 3.79. The smallest absolute Gasteiger partial charge is 0.0725 e. The fourth-order valence-electron chi connectivity index (χ4n) is 1.16. The van der Waals surface area contributed by atoms with Gasteiger partial charge in [0.05, 0.1) is 11.9 Å². The summed E-state index contributed by atoms with van der Waals surface area (Å²) in [4.78, 5) is 0. The summed E-state index contributed by atoms with van der Waals surface area (Å²) < 4.78 is 1.94. The van der Waals surface area contributed by atoms with Crippen LogP contribution in [-0.4, -0.2) is 21.5 Å². The number of aromatic nitrogens is 3. The van der Waals surface area contributed by atoms with Crippen molar-refractivity contribution in [1.29, 1.82) is 0 Å². The SMILES string of the molecule is CC(C)n1nncc1CCCN. The summed E-state index contributed by atoms with van der Waals surface area (Å²) in [5, 5.41) is 7.86. The first kappa shape index (κ1) is 9.19. The molecule has 0 aliphatic carbocycles. The number of hydrogen-bond acceptors (Lipinski definition) is 3. The fraction of sp³-hybridized carbons (Fsp3) is 0.750. The first-order chi connectivity index (χ1) is 5.75. The van der Waals surface area contributed by atoms with Crippen LogP contribution < -0.4 is 5.73 Å². The lowest BCUT2D eigenvalue weighted by atomic mass is 10.2. The molecule has 2 N–H and O–H groups in total. The molecule has 0 spiro atoms. The molecule has 0 aliphatic heterocycles. The number of nitrogens with two attached hydrogens (primary N) is 1. The molecule has 12 heavy (non-hydrogen) atoms. The molecule has 0 unspecified atom stereocenters. The Morgan fingerprint density at radius 3 is 2.92 bits per heavy atom. The van der Waals surface area contributed by atoms with Crippen LogP contribution in [0, 0.1) is 0 Å². The first-order valence-electron chi connectivity index (χ1n) is 4.35. The van der Waals surface area contributed by atoms with Crippen molar-refractivity contribution in [3.8, 4) is 0 Å². The average Bonchev–Trinajstić information content (AvgIpc) is 2.48. The summed E-state index contributed by atoms with van der Waals surface area (Å²) >= 11 is 0. The topological polar surface area (TPSA) is 56.7 Å². The lowest BCUT2D eigenvalue weighted by molar-refractivity contribution is 0.491. The van der Waals surface area contributed by atoms with E-state index in [0.29, 0.717) is 6.04 Å². The van der Waals surface area contributed by atoms with E-state index in [0.717, 1.165) is 19.4 Å². The van der Waals surface area contributed by atoms with Crippen molar-refractivity contribution in [2.24, 2.45) is 5.73 Å². The van der Waals surface area contributed by atoms with E-state index >= 15 is 0 Å². The van der Waals surface area contributed by atoms with Crippen molar-refractivity contribution in [1.82, 2.24) is 15.0 Å². The van der Waals surface area contributed by atoms with Gasteiger partial charge in [0.15, 0.2) is 0 Å². The van der Waals surface area contributed by atoms with E-state index in [1.54, 1.807) is 0 Å². The Hall–Kier alpha value is -0.900. The minimum Gasteiger partial charge on any atom is -0.330 e. The minimum atomic E-state index is 0.389. The van der Waals surface area contributed by atoms with Gasteiger partial charge in [0.2, 0.25) is 0 Å². The zero-order chi connectivity index (χ0) is 8.97. The molecule has 1 heterocycles. The van der Waals surface area contributed by atoms with Crippen LogP contribution in [0.1, 0.15) is 32.0 Å². The molecular formula is C8H16N4. The van der Waals surface area contributed by atoms with Crippen molar-refractivity contribution in [2.45, 2.75) is 32.7 Å². The number of rotatable bonds is 4. The Bertz CT molecular complexity index is 229. The standard InChI is InChI=1S/C8H16N4/c1-7(2)12-8(4-3-5-9)6-10-11-12/h6-7H,3-5,9H2,1-2H3. The third-order valence-electron chi connectivity index (χ3n) is 1.78. The highest BCUT2D eigenvalue weighted by Gasteiger charge is 2.05. The molecule has 68 valence electrons. The highest BCUT2D eigenvalue weighted by Crippen LogP contribution is 2.07. The molecule has 1 rings (SSSR count). The van der Waals surface area contributed by atoms with Gasteiger partial charge in [-0.3, -0.25) is 0 Å². The monoisotopic (exact) mass is 168 g/mol. The van der Waals surface area contributed by atoms with Crippen LogP contribution in [0.15, 0.2) is 6.20 Å². The highest BCUT2D eigenvalue weighted by atomic mass is 15.4. The van der Waals surface area contributed by atoms with Gasteiger partial charge in [-0.2, -0.15) is 0 Å². The maximum Gasteiger partial charge on any atom is 0.0725 e. The summed E-state index contributed by atoms with van der Waals surface area (Å²) in [6, 6.07) is 0.389. The van der Waals surface area contributed by atoms with Gasteiger partial charge in [0.1, 0.15) is 0 Å². The Kier molecular flexibility index (Phi) is 3.22. The van der Waals surface area contributed by atoms with Crippen molar-refractivity contribution < 1.29 is 0 Å². The van der Waals surface area contributed by atoms with Crippen molar-refractivity contribution in [2.75, 3.05) is 6.54 Å². The normalized spacial score (nSPS) is 11.0. The molecule has 4 nitrogen and oxygen atoms in total. The second kappa shape index (κ2) is 4.21. The van der Waals surface area contributed by atoms with Gasteiger partial charge in [-0.15, -0.1) is 5.10 Å². The summed E-state index contributed by atoms with van der Waals surface area (Å²) in [5.74, 6) is 0. The van der Waals surface area contributed by atoms with Crippen LogP contribution in [0.4, 0.5) is 0 Å². The molecule has 0 fully saturated rings. The Morgan fingerprint density at radius 2 is 2.33 bits per heavy atom. The third kappa shape index (κ3) is 2.04. The third-order valence-corrected chi connectivity index (χ3v) is 1.78. The van der Waals surface area contributed by atoms with E-state index in [2.05, 4.69) is 24.2 Å². The van der Waals surface area contributed by atoms with Crippen LogP contribution in [0.5, 0.6) is 0 Å². The molecule has 0 bridgehead atoms. The second-order valence-electron chi connectivity index (χ2n) is 3.16. The van der Waals surface area contributed by atoms with Crippen LogP contribution in [-0.2, 0) is 6.42 Å². The zero-order valence-corrected chi connectivity index (χ0v) is 7.70. The molecule has 1 aromatic rings. The Morgan fingerprint density at radius 1 is 1.58 bits per heavy atom. The molecular weight excluding hydrogens is 152 g/mol. The highest BCUT2D eigenvalue weighted by molar-refractivity contribution is 4.95. The molecule has 4 heteroatoms. The average molecular weight is 168 g/mol. The molecule has 0 saturated heterocycles. The molecule has 0 saturated carbocycles. The Labute approximate surface area is 72.8 Å². The lowest BCUT2D eigenvalue weighted by Gasteiger charge is -2.08. The lowest BCUT2D eigenvalue weighted by Crippen LogP contribution is -2.09. The van der Waals surface area contributed by atoms with Crippen molar-refractivity contribution in [3.63, 3.8) is 0 Å². The Balaban J connectivity index is 2.64. The van der Waals surface area contributed by atoms with Gasteiger partial charge < -0.3 is 5.73 Å². The molecule has 0 atom stereocenters. The largest absolute Gasteiger partial charge is 0.330 e. The van der Waals surface area contributed by atoms with Gasteiger partial charge >= 0.3 is 0 Å². The van der Waals surface area contributed by atoms with E-state index in [9.17, 15) is 0 Å². The summed E-state index contributed by atoms with van der Waals surface area (Å²) in [7, 11) is 0. The molecule has 0 amide bonds. The molecule has 1 aromatic heterocycles. The predicted molar refractivity (Wildman–Crippen MR) is 47.8 cm³/mol. The number of aryl methyl sites for hydroxylation is 1. The van der Waals surface area contributed by atoms with E-state index < -0.39 is 0 Å². The van der Waals surface area contributed by atoms with Crippen LogP contribution in [0.2, 0.25) is 0 Å². The van der Waals surface area contributed by atoms with Crippen molar-refractivity contribution >= 4 is 0 Å². The number of hydrogen-bond donors (Lipinski definition) is 1. The van der Waals surface area contributed by atoms with Gasteiger partial charge in [-0.25, -0.2) is 4.68 Å². The van der Waals surface area contributed by atoms with Crippen LogP contribution in [0.3, 0.4) is 0 Å². The van der Waals surface area contributed by atoms with Gasteiger partial charge in [0.25, 0.3) is 0 Å².